The van der Waals surface area contributed by atoms with E-state index in [0.717, 1.165) is 22.5 Å². The van der Waals surface area contributed by atoms with Crippen LogP contribution in [0, 0.1) is 5.92 Å². The Bertz CT molecular complexity index is 424. The molecule has 0 radical (unpaired) electrons. The van der Waals surface area contributed by atoms with Gasteiger partial charge in [-0.15, -0.1) is 11.8 Å². The molecule has 1 aromatic rings. The molecule has 0 saturated carbocycles. The number of hydrogen-bond acceptors (Lipinski definition) is 4. The quantitative estimate of drug-likeness (QED) is 0.606. The van der Waals surface area contributed by atoms with Gasteiger partial charge in [-0.2, -0.15) is 0 Å². The van der Waals surface area contributed by atoms with Crippen molar-refractivity contribution in [1.29, 1.82) is 0 Å². The first-order valence-electron chi connectivity index (χ1n) is 6.21. The van der Waals surface area contributed by atoms with Crippen LogP contribution >= 0.6 is 27.7 Å². The molecular formula is C14H20BrNO2S. The molecule has 0 saturated heterocycles. The van der Waals surface area contributed by atoms with E-state index in [2.05, 4.69) is 52.0 Å². The van der Waals surface area contributed by atoms with E-state index in [1.54, 1.807) is 0 Å². The molecule has 3 nitrogen and oxygen atoms in total. The van der Waals surface area contributed by atoms with Gasteiger partial charge in [0.25, 0.3) is 0 Å². The smallest absolute Gasteiger partial charge is 0.315 e. The maximum Gasteiger partial charge on any atom is 0.315 e. The van der Waals surface area contributed by atoms with Gasteiger partial charge in [0, 0.05) is 15.9 Å². The van der Waals surface area contributed by atoms with Gasteiger partial charge in [0.2, 0.25) is 0 Å². The third-order valence-corrected chi connectivity index (χ3v) is 4.42. The predicted molar refractivity (Wildman–Crippen MR) is 83.4 cm³/mol. The summed E-state index contributed by atoms with van der Waals surface area (Å²) in [5, 5.41) is 3.41. The van der Waals surface area contributed by atoms with Crippen LogP contribution in [0.15, 0.2) is 27.6 Å². The lowest BCUT2D eigenvalue weighted by atomic mass is 10.2. The van der Waals surface area contributed by atoms with Crippen LogP contribution in [0.4, 0.5) is 0 Å². The Morgan fingerprint density at radius 2 is 2.21 bits per heavy atom. The van der Waals surface area contributed by atoms with Gasteiger partial charge in [-0.25, -0.2) is 0 Å². The zero-order valence-electron chi connectivity index (χ0n) is 11.5. The van der Waals surface area contributed by atoms with Crippen molar-refractivity contribution in [1.82, 2.24) is 5.32 Å². The third kappa shape index (κ3) is 6.45. The molecule has 0 amide bonds. The predicted octanol–water partition coefficient (Wildman–Crippen LogP) is 3.46. The number of carbonyl (C=O) groups is 1. The molecule has 1 rings (SSSR count). The van der Waals surface area contributed by atoms with E-state index in [4.69, 9.17) is 0 Å². The first-order valence-corrected chi connectivity index (χ1v) is 7.99. The minimum atomic E-state index is -0.209. The summed E-state index contributed by atoms with van der Waals surface area (Å²) in [5.74, 6) is 0.776. The van der Waals surface area contributed by atoms with E-state index >= 15 is 0 Å². The molecule has 19 heavy (non-hydrogen) atoms. The highest BCUT2D eigenvalue weighted by atomic mass is 79.9. The fourth-order valence-corrected chi connectivity index (χ4v) is 2.99. The van der Waals surface area contributed by atoms with Gasteiger partial charge >= 0.3 is 5.97 Å². The highest BCUT2D eigenvalue weighted by Crippen LogP contribution is 2.28. The van der Waals surface area contributed by atoms with Crippen molar-refractivity contribution in [3.05, 3.63) is 28.2 Å². The molecule has 0 aliphatic heterocycles. The normalized spacial score (nSPS) is 10.8. The van der Waals surface area contributed by atoms with Crippen LogP contribution in [0.3, 0.4) is 0 Å². The fraction of sp³-hybridized carbons (Fsp3) is 0.500. The van der Waals surface area contributed by atoms with Crippen LogP contribution in [-0.2, 0) is 16.1 Å². The number of hydrogen-bond donors (Lipinski definition) is 1. The molecule has 0 fully saturated rings. The summed E-state index contributed by atoms with van der Waals surface area (Å²) in [6, 6.07) is 6.20. The van der Waals surface area contributed by atoms with Crippen LogP contribution in [0.25, 0.3) is 0 Å². The standard InChI is InChI=1S/C14H20BrNO2S/c1-10(2)7-16-8-11-4-5-13(12(15)6-11)19-9-14(17)18-3/h4-6,10,16H,7-9H2,1-3H3. The van der Waals surface area contributed by atoms with Gasteiger partial charge in [-0.1, -0.05) is 19.9 Å². The van der Waals surface area contributed by atoms with E-state index in [9.17, 15) is 4.79 Å². The molecule has 106 valence electrons. The van der Waals surface area contributed by atoms with Crippen molar-refractivity contribution in [2.75, 3.05) is 19.4 Å². The SMILES string of the molecule is COC(=O)CSc1ccc(CNCC(C)C)cc1Br. The number of nitrogens with one attached hydrogen (secondary N) is 1. The summed E-state index contributed by atoms with van der Waals surface area (Å²) >= 11 is 5.01. The molecule has 0 aromatic heterocycles. The Kier molecular flexibility index (Phi) is 7.49. The number of carbonyl (C=O) groups excluding carboxylic acids is 1. The zero-order valence-corrected chi connectivity index (χ0v) is 13.9. The Balaban J connectivity index is 2.51. The first-order chi connectivity index (χ1) is 9.02. The number of methoxy groups -OCH3 is 1. The second kappa shape index (κ2) is 8.61. The van der Waals surface area contributed by atoms with E-state index in [-0.39, 0.29) is 5.97 Å². The molecule has 0 atom stereocenters. The van der Waals surface area contributed by atoms with Crippen molar-refractivity contribution in [3.63, 3.8) is 0 Å². The highest BCUT2D eigenvalue weighted by Gasteiger charge is 2.06. The second-order valence-corrected chi connectivity index (χ2v) is 6.53. The van der Waals surface area contributed by atoms with E-state index in [1.807, 2.05) is 6.07 Å². The van der Waals surface area contributed by atoms with Crippen molar-refractivity contribution < 1.29 is 9.53 Å². The summed E-state index contributed by atoms with van der Waals surface area (Å²) in [6.45, 7) is 6.25. The lowest BCUT2D eigenvalue weighted by molar-refractivity contribution is -0.137. The number of halogens is 1. The van der Waals surface area contributed by atoms with Gasteiger partial charge in [0.15, 0.2) is 0 Å². The minimum absolute atomic E-state index is 0.209. The summed E-state index contributed by atoms with van der Waals surface area (Å²) in [7, 11) is 1.40. The van der Waals surface area contributed by atoms with Crippen LogP contribution < -0.4 is 5.32 Å². The lowest BCUT2D eigenvalue weighted by Gasteiger charge is -2.09. The van der Waals surface area contributed by atoms with Crippen molar-refractivity contribution in [2.24, 2.45) is 5.92 Å². The monoisotopic (exact) mass is 345 g/mol. The van der Waals surface area contributed by atoms with Crippen LogP contribution in [-0.4, -0.2) is 25.4 Å². The largest absolute Gasteiger partial charge is 0.468 e. The molecule has 5 heteroatoms. The van der Waals surface area contributed by atoms with Gasteiger partial charge in [0.05, 0.1) is 12.9 Å². The molecule has 1 aromatic carbocycles. The van der Waals surface area contributed by atoms with Gasteiger partial charge in [-0.05, 0) is 46.1 Å². The average Bonchev–Trinajstić information content (AvgIpc) is 2.37. The summed E-state index contributed by atoms with van der Waals surface area (Å²) in [4.78, 5) is 12.2. The van der Waals surface area contributed by atoms with Crippen LogP contribution in [0.2, 0.25) is 0 Å². The maximum atomic E-state index is 11.1. The number of benzene rings is 1. The van der Waals surface area contributed by atoms with Crippen molar-refractivity contribution in [3.8, 4) is 0 Å². The molecule has 0 bridgehead atoms. The van der Waals surface area contributed by atoms with Crippen LogP contribution in [0.5, 0.6) is 0 Å². The molecule has 1 N–H and O–H groups in total. The summed E-state index contributed by atoms with van der Waals surface area (Å²) in [6.07, 6.45) is 0. The molecule has 0 heterocycles. The topological polar surface area (TPSA) is 38.3 Å². The van der Waals surface area contributed by atoms with Gasteiger partial charge in [-0.3, -0.25) is 4.79 Å². The Morgan fingerprint density at radius 1 is 1.47 bits per heavy atom. The molecule has 0 unspecified atom stereocenters. The van der Waals surface area contributed by atoms with E-state index in [0.29, 0.717) is 11.7 Å². The van der Waals surface area contributed by atoms with Crippen LogP contribution in [0.1, 0.15) is 19.4 Å². The number of thioether (sulfide) groups is 1. The van der Waals surface area contributed by atoms with Gasteiger partial charge in [0.1, 0.15) is 0 Å². The third-order valence-electron chi connectivity index (χ3n) is 2.45. The van der Waals surface area contributed by atoms with Crippen molar-refractivity contribution in [2.45, 2.75) is 25.3 Å². The van der Waals surface area contributed by atoms with E-state index < -0.39 is 0 Å². The highest BCUT2D eigenvalue weighted by molar-refractivity contribution is 9.10. The van der Waals surface area contributed by atoms with Crippen molar-refractivity contribution >= 4 is 33.7 Å². The second-order valence-electron chi connectivity index (χ2n) is 4.65. The Morgan fingerprint density at radius 3 is 2.79 bits per heavy atom. The zero-order chi connectivity index (χ0) is 14.3. The fourth-order valence-electron chi connectivity index (χ4n) is 1.47. The van der Waals surface area contributed by atoms with Gasteiger partial charge < -0.3 is 10.1 Å². The summed E-state index contributed by atoms with van der Waals surface area (Å²) < 4.78 is 5.64. The molecule has 0 aliphatic carbocycles. The first kappa shape index (κ1) is 16.5. The summed E-state index contributed by atoms with van der Waals surface area (Å²) in [5.41, 5.74) is 1.23. The lowest BCUT2D eigenvalue weighted by Crippen LogP contribution is -2.18. The molecular weight excluding hydrogens is 326 g/mol. The van der Waals surface area contributed by atoms with E-state index in [1.165, 1.54) is 24.4 Å². The maximum absolute atomic E-state index is 11.1. The molecule has 0 spiro atoms. The minimum Gasteiger partial charge on any atom is -0.468 e. The number of ether oxygens (including phenoxy) is 1. The molecule has 0 aliphatic rings. The Hall–Kier alpha value is -0.520. The Labute approximate surface area is 127 Å². The number of esters is 1. The number of rotatable bonds is 7. The average molecular weight is 346 g/mol.